The van der Waals surface area contributed by atoms with Crippen LogP contribution in [0.4, 0.5) is 17.6 Å². The van der Waals surface area contributed by atoms with Crippen molar-refractivity contribution in [2.24, 2.45) is 33.5 Å². The molecule has 7 heteroatoms. The lowest BCUT2D eigenvalue weighted by Crippen LogP contribution is -2.52. The minimum absolute atomic E-state index is 0.121. The van der Waals surface area contributed by atoms with Crippen LogP contribution in [0, 0.1) is 33.5 Å². The fourth-order valence-corrected chi connectivity index (χ4v) is 6.82. The summed E-state index contributed by atoms with van der Waals surface area (Å²) < 4.78 is 55.2. The Morgan fingerprint density at radius 2 is 1.28 bits per heavy atom. The molecule has 0 aliphatic carbocycles. The number of piperidine rings is 3. The number of nitrogens with one attached hydrogen (secondary N) is 1. The predicted octanol–water partition coefficient (Wildman–Crippen LogP) is 9.23. The second kappa shape index (κ2) is 14.5. The number of halogens is 4. The third kappa shape index (κ3) is 11.3. The number of alkyl halides is 4. The fourth-order valence-electron chi connectivity index (χ4n) is 6.82. The Hall–Kier alpha value is -1.18. The summed E-state index contributed by atoms with van der Waals surface area (Å²) in [6.45, 7) is 25.3. The van der Waals surface area contributed by atoms with Crippen molar-refractivity contribution in [1.29, 1.82) is 0 Å². The summed E-state index contributed by atoms with van der Waals surface area (Å²) in [5, 5.41) is 2.73. The molecule has 4 rings (SSSR count). The zero-order valence-corrected chi connectivity index (χ0v) is 29.2. The molecule has 0 bridgehead atoms. The van der Waals surface area contributed by atoms with Crippen LogP contribution in [0.25, 0.3) is 0 Å². The Balaban J connectivity index is 0.000000236. The van der Waals surface area contributed by atoms with Gasteiger partial charge in [0, 0.05) is 18.4 Å². The molecule has 0 spiro atoms. The maximum Gasteiger partial charge on any atom is 0.263 e. The van der Waals surface area contributed by atoms with Crippen LogP contribution in [-0.4, -0.2) is 68.0 Å². The normalized spacial score (nSPS) is 26.4. The molecule has 3 nitrogen and oxygen atoms in total. The van der Waals surface area contributed by atoms with Gasteiger partial charge in [0.25, 0.3) is 11.8 Å². The van der Waals surface area contributed by atoms with E-state index in [9.17, 15) is 17.6 Å². The number of benzene rings is 1. The number of hydrogen-bond donors (Lipinski definition) is 1. The average Bonchev–Trinajstić information content (AvgIpc) is 2.84. The summed E-state index contributed by atoms with van der Waals surface area (Å²) in [7, 11) is 2.22. The van der Waals surface area contributed by atoms with E-state index in [1.165, 1.54) is 25.9 Å². The quantitative estimate of drug-likeness (QED) is 0.336. The van der Waals surface area contributed by atoms with Gasteiger partial charge in [-0.15, -0.1) is 0 Å². The Bertz CT molecular complexity index is 951. The average molecular weight is 614 g/mol. The summed E-state index contributed by atoms with van der Waals surface area (Å²) in [6.07, 6.45) is 3.86. The lowest BCUT2D eigenvalue weighted by atomic mass is 9.63. The van der Waals surface area contributed by atoms with Gasteiger partial charge in [-0.25, -0.2) is 17.6 Å². The van der Waals surface area contributed by atoms with Gasteiger partial charge in [0.2, 0.25) is 0 Å². The van der Waals surface area contributed by atoms with Crippen LogP contribution >= 0.6 is 0 Å². The molecule has 1 aromatic carbocycles. The molecule has 2 unspecified atom stereocenters. The highest BCUT2D eigenvalue weighted by atomic mass is 19.3. The van der Waals surface area contributed by atoms with Crippen molar-refractivity contribution < 1.29 is 17.6 Å². The Morgan fingerprint density at radius 3 is 1.70 bits per heavy atom. The van der Waals surface area contributed by atoms with E-state index in [2.05, 4.69) is 45.0 Å². The first-order valence-electron chi connectivity index (χ1n) is 16.4. The maximum absolute atomic E-state index is 14.3. The second-order valence-corrected chi connectivity index (χ2v) is 16.9. The van der Waals surface area contributed by atoms with E-state index in [0.29, 0.717) is 30.2 Å². The third-order valence-electron chi connectivity index (χ3n) is 10.4. The first kappa shape index (κ1) is 38.0. The summed E-state index contributed by atoms with van der Waals surface area (Å²) in [4.78, 5) is 4.31. The summed E-state index contributed by atoms with van der Waals surface area (Å²) in [5.74, 6) is -6.12. The molecule has 3 fully saturated rings. The second-order valence-electron chi connectivity index (χ2n) is 16.9. The van der Waals surface area contributed by atoms with Crippen molar-refractivity contribution in [2.75, 3.05) is 46.3 Å². The lowest BCUT2D eigenvalue weighted by molar-refractivity contribution is -0.145. The third-order valence-corrected chi connectivity index (χ3v) is 10.4. The predicted molar refractivity (Wildman–Crippen MR) is 174 cm³/mol. The van der Waals surface area contributed by atoms with E-state index in [-0.39, 0.29) is 23.9 Å². The van der Waals surface area contributed by atoms with Gasteiger partial charge in [0.1, 0.15) is 0 Å². The number of likely N-dealkylation sites (tertiary alicyclic amines) is 2. The van der Waals surface area contributed by atoms with E-state index in [0.717, 1.165) is 18.7 Å². The molecule has 0 saturated carbocycles. The zero-order valence-electron chi connectivity index (χ0n) is 29.2. The number of rotatable bonds is 2. The van der Waals surface area contributed by atoms with E-state index in [4.69, 9.17) is 0 Å². The number of hydrogen-bond acceptors (Lipinski definition) is 3. The van der Waals surface area contributed by atoms with Crippen LogP contribution in [0.5, 0.6) is 0 Å². The molecule has 43 heavy (non-hydrogen) atoms. The van der Waals surface area contributed by atoms with E-state index in [1.807, 2.05) is 76.8 Å². The highest BCUT2D eigenvalue weighted by Crippen LogP contribution is 2.46. The molecule has 1 aromatic rings. The molecule has 3 aliphatic heterocycles. The van der Waals surface area contributed by atoms with Gasteiger partial charge in [-0.1, -0.05) is 99.6 Å². The summed E-state index contributed by atoms with van der Waals surface area (Å²) in [5.41, 5.74) is 1.51. The van der Waals surface area contributed by atoms with Gasteiger partial charge in [-0.05, 0) is 86.1 Å². The summed E-state index contributed by atoms with van der Waals surface area (Å²) in [6, 6.07) is 9.84. The maximum atomic E-state index is 14.3. The molecule has 1 N–H and O–H groups in total. The van der Waals surface area contributed by atoms with Crippen LogP contribution in [0.2, 0.25) is 0 Å². The summed E-state index contributed by atoms with van der Waals surface area (Å²) >= 11 is 0. The van der Waals surface area contributed by atoms with Crippen molar-refractivity contribution in [2.45, 2.75) is 113 Å². The smallest absolute Gasteiger partial charge is 0.263 e. The lowest BCUT2D eigenvalue weighted by Gasteiger charge is -2.47. The topological polar surface area (TPSA) is 18.5 Å². The minimum atomic E-state index is -2.59. The Morgan fingerprint density at radius 1 is 0.767 bits per heavy atom. The zero-order chi connectivity index (χ0) is 32.9. The SMILES string of the molecule is CC(C)(C)C1CCN(Cc2ccccc2)CC1(F)F.CC(C)(C)C1CCNCC1(F)F.CN1CCC(C)(C(C)(C)C)CC1. The van der Waals surface area contributed by atoms with Gasteiger partial charge >= 0.3 is 0 Å². The van der Waals surface area contributed by atoms with Crippen LogP contribution in [0.3, 0.4) is 0 Å². The molecule has 0 radical (unpaired) electrons. The largest absolute Gasteiger partial charge is 0.311 e. The molecule has 250 valence electrons. The monoisotopic (exact) mass is 613 g/mol. The van der Waals surface area contributed by atoms with Crippen LogP contribution < -0.4 is 5.32 Å². The number of nitrogens with zero attached hydrogens (tertiary/aromatic N) is 2. The van der Waals surface area contributed by atoms with Crippen molar-refractivity contribution >= 4 is 0 Å². The molecule has 0 amide bonds. The molecule has 3 saturated heterocycles. The molecular weight excluding hydrogens is 550 g/mol. The van der Waals surface area contributed by atoms with Gasteiger partial charge in [0.15, 0.2) is 0 Å². The van der Waals surface area contributed by atoms with Gasteiger partial charge in [-0.2, -0.15) is 0 Å². The Labute approximate surface area is 261 Å². The van der Waals surface area contributed by atoms with Crippen molar-refractivity contribution in [3.63, 3.8) is 0 Å². The van der Waals surface area contributed by atoms with Gasteiger partial charge < -0.3 is 10.2 Å². The first-order valence-corrected chi connectivity index (χ1v) is 16.4. The van der Waals surface area contributed by atoms with E-state index < -0.39 is 23.7 Å². The highest BCUT2D eigenvalue weighted by molar-refractivity contribution is 5.14. The van der Waals surface area contributed by atoms with Crippen molar-refractivity contribution in [3.05, 3.63) is 35.9 Å². The molecular formula is C36H63F4N3. The van der Waals surface area contributed by atoms with Gasteiger partial charge in [-0.3, -0.25) is 4.90 Å². The standard InChI is InChI=1S/C16H23F2N.C11H23N.C9H17F2N/c1-15(2,3)14-9-10-19(12-16(14,17)18)11-13-7-5-4-6-8-13;1-10(2,3)11(4)6-8-12(5)9-7-11;1-8(2,3)7-4-5-12-6-9(7,10)11/h4-8,14H,9-12H2,1-3H3;6-9H2,1-5H3;7,12H,4-6H2,1-3H3. The minimum Gasteiger partial charge on any atom is -0.311 e. The highest BCUT2D eigenvalue weighted by Gasteiger charge is 2.49. The molecule has 0 aromatic heterocycles. The van der Waals surface area contributed by atoms with E-state index in [1.54, 1.807) is 0 Å². The first-order chi connectivity index (χ1) is 19.5. The Kier molecular flexibility index (Phi) is 12.8. The van der Waals surface area contributed by atoms with Crippen molar-refractivity contribution in [1.82, 2.24) is 15.1 Å². The molecule has 3 heterocycles. The van der Waals surface area contributed by atoms with Gasteiger partial charge in [0.05, 0.1) is 13.1 Å². The van der Waals surface area contributed by atoms with Crippen LogP contribution in [-0.2, 0) is 6.54 Å². The van der Waals surface area contributed by atoms with E-state index >= 15 is 0 Å². The molecule has 3 aliphatic rings. The van der Waals surface area contributed by atoms with Crippen LogP contribution in [0.15, 0.2) is 30.3 Å². The van der Waals surface area contributed by atoms with Crippen LogP contribution in [0.1, 0.15) is 100 Å². The van der Waals surface area contributed by atoms with Crippen molar-refractivity contribution in [3.8, 4) is 0 Å². The fraction of sp³-hybridized carbons (Fsp3) is 0.833. The molecule has 2 atom stereocenters.